The van der Waals surface area contributed by atoms with Crippen LogP contribution in [0.5, 0.6) is 0 Å². The van der Waals surface area contributed by atoms with E-state index in [2.05, 4.69) is 45.7 Å². The maximum absolute atomic E-state index is 5.97. The number of hydrogen-bond donors (Lipinski definition) is 0. The molecule has 0 atom stereocenters. The summed E-state index contributed by atoms with van der Waals surface area (Å²) in [4.78, 5) is 0. The largest absolute Gasteiger partial charge is 0.349 e. The van der Waals surface area contributed by atoms with Crippen LogP contribution in [-0.4, -0.2) is 19.0 Å². The van der Waals surface area contributed by atoms with Gasteiger partial charge < -0.3 is 9.47 Å². The lowest BCUT2D eigenvalue weighted by molar-refractivity contribution is -0.307. The van der Waals surface area contributed by atoms with Crippen molar-refractivity contribution in [2.24, 2.45) is 5.41 Å². The molecule has 2 rings (SSSR count). The number of allylic oxidation sites excluding steroid dienone is 1. The Morgan fingerprint density at radius 1 is 1.06 bits per heavy atom. The molecule has 0 radical (unpaired) electrons. The summed E-state index contributed by atoms with van der Waals surface area (Å²) < 4.78 is 13.1. The molecule has 1 spiro atoms. The van der Waals surface area contributed by atoms with Gasteiger partial charge in [0.05, 0.1) is 16.6 Å². The van der Waals surface area contributed by atoms with Crippen LogP contribution in [0.1, 0.15) is 39.5 Å². The molecule has 0 amide bonds. The summed E-state index contributed by atoms with van der Waals surface area (Å²) in [5.74, 6) is -0.297. The zero-order chi connectivity index (χ0) is 11.8. The highest BCUT2D eigenvalue weighted by molar-refractivity contribution is 9.28. The van der Waals surface area contributed by atoms with Gasteiger partial charge in [-0.2, -0.15) is 0 Å². The quantitative estimate of drug-likeness (QED) is 0.645. The predicted molar refractivity (Wildman–Crippen MR) is 71.8 cm³/mol. The maximum Gasteiger partial charge on any atom is 0.168 e. The van der Waals surface area contributed by atoms with E-state index in [0.717, 1.165) is 42.3 Å². The molecule has 0 unspecified atom stereocenters. The molecule has 1 saturated carbocycles. The van der Waals surface area contributed by atoms with Gasteiger partial charge in [0.15, 0.2) is 5.79 Å². The van der Waals surface area contributed by atoms with E-state index >= 15 is 0 Å². The molecule has 16 heavy (non-hydrogen) atoms. The van der Waals surface area contributed by atoms with Crippen LogP contribution in [-0.2, 0) is 9.47 Å². The second-order valence-corrected chi connectivity index (χ2v) is 8.17. The molecule has 0 aromatic heterocycles. The van der Waals surface area contributed by atoms with Gasteiger partial charge in [-0.15, -0.1) is 0 Å². The number of rotatable bonds is 0. The molecule has 1 aliphatic heterocycles. The average molecular weight is 354 g/mol. The van der Waals surface area contributed by atoms with Gasteiger partial charge in [-0.1, -0.05) is 13.8 Å². The zero-order valence-electron chi connectivity index (χ0n) is 9.82. The molecule has 0 N–H and O–H groups in total. The van der Waals surface area contributed by atoms with Gasteiger partial charge >= 0.3 is 0 Å². The van der Waals surface area contributed by atoms with Gasteiger partial charge in [-0.05, 0) is 50.3 Å². The highest BCUT2D eigenvalue weighted by Gasteiger charge is 2.42. The molecule has 92 valence electrons. The van der Waals surface area contributed by atoms with Crippen LogP contribution >= 0.6 is 31.9 Å². The average Bonchev–Trinajstić information content (AvgIpc) is 2.24. The Kier molecular flexibility index (Phi) is 3.85. The first kappa shape index (κ1) is 13.1. The van der Waals surface area contributed by atoms with Gasteiger partial charge in [-0.3, -0.25) is 0 Å². The van der Waals surface area contributed by atoms with Crippen molar-refractivity contribution >= 4 is 31.9 Å². The molecular formula is C12H18Br2O2. The number of hydrogen-bond acceptors (Lipinski definition) is 2. The van der Waals surface area contributed by atoms with E-state index in [1.807, 2.05) is 0 Å². The zero-order valence-corrected chi connectivity index (χ0v) is 13.0. The monoisotopic (exact) mass is 352 g/mol. The molecular weight excluding hydrogens is 336 g/mol. The standard InChI is InChI=1S/C12H18Br2O2/c1-11(2)7-15-12(16-8-11)5-3-9(4-6-12)10(13)14/h3-8H2,1-2H3. The highest BCUT2D eigenvalue weighted by atomic mass is 79.9. The fourth-order valence-electron chi connectivity index (χ4n) is 2.15. The minimum absolute atomic E-state index is 0.164. The SMILES string of the molecule is CC1(C)COC2(CCC(=C(Br)Br)CC2)OC1. The molecule has 2 nitrogen and oxygen atoms in total. The Bertz CT molecular complexity index is 284. The van der Waals surface area contributed by atoms with E-state index in [1.54, 1.807) is 0 Å². The van der Waals surface area contributed by atoms with Gasteiger partial charge in [-0.25, -0.2) is 0 Å². The topological polar surface area (TPSA) is 18.5 Å². The Balaban J connectivity index is 1.96. The molecule has 0 aromatic rings. The minimum Gasteiger partial charge on any atom is -0.349 e. The van der Waals surface area contributed by atoms with Crippen molar-refractivity contribution in [2.75, 3.05) is 13.2 Å². The molecule has 0 bridgehead atoms. The summed E-state index contributed by atoms with van der Waals surface area (Å²) in [6.07, 6.45) is 4.04. The lowest BCUT2D eigenvalue weighted by Gasteiger charge is -2.45. The molecule has 4 heteroatoms. The Morgan fingerprint density at radius 2 is 1.56 bits per heavy atom. The molecule has 2 fully saturated rings. The van der Waals surface area contributed by atoms with E-state index < -0.39 is 0 Å². The molecule has 1 saturated heterocycles. The van der Waals surface area contributed by atoms with Crippen molar-refractivity contribution in [1.29, 1.82) is 0 Å². The van der Waals surface area contributed by atoms with E-state index in [9.17, 15) is 0 Å². The number of halogens is 2. The first-order valence-electron chi connectivity index (χ1n) is 5.73. The van der Waals surface area contributed by atoms with Crippen LogP contribution in [0.15, 0.2) is 8.96 Å². The van der Waals surface area contributed by atoms with Crippen molar-refractivity contribution in [3.8, 4) is 0 Å². The third-order valence-corrected chi connectivity index (χ3v) is 4.46. The van der Waals surface area contributed by atoms with Crippen molar-refractivity contribution in [3.63, 3.8) is 0 Å². The van der Waals surface area contributed by atoms with E-state index in [-0.39, 0.29) is 11.2 Å². The van der Waals surface area contributed by atoms with Crippen LogP contribution < -0.4 is 0 Å². The first-order valence-corrected chi connectivity index (χ1v) is 7.32. The summed E-state index contributed by atoms with van der Waals surface area (Å²) in [5.41, 5.74) is 1.60. The van der Waals surface area contributed by atoms with Crippen molar-refractivity contribution in [1.82, 2.24) is 0 Å². The molecule has 1 heterocycles. The second kappa shape index (κ2) is 4.71. The number of ether oxygens (including phenoxy) is 2. The Labute approximate surface area is 114 Å². The Hall–Kier alpha value is 0.620. The third kappa shape index (κ3) is 2.89. The molecule has 1 aliphatic carbocycles. The maximum atomic E-state index is 5.97. The van der Waals surface area contributed by atoms with Crippen molar-refractivity contribution in [2.45, 2.75) is 45.3 Å². The van der Waals surface area contributed by atoms with E-state index in [1.165, 1.54) is 5.57 Å². The fraction of sp³-hybridized carbons (Fsp3) is 0.833. The smallest absolute Gasteiger partial charge is 0.168 e. The first-order chi connectivity index (χ1) is 7.43. The van der Waals surface area contributed by atoms with Crippen molar-refractivity contribution in [3.05, 3.63) is 8.96 Å². The van der Waals surface area contributed by atoms with Crippen LogP contribution in [0.4, 0.5) is 0 Å². The van der Waals surface area contributed by atoms with Crippen LogP contribution in [0.3, 0.4) is 0 Å². The predicted octanol–water partition coefficient (Wildman–Crippen LogP) is 4.33. The normalized spacial score (nSPS) is 28.1. The summed E-state index contributed by atoms with van der Waals surface area (Å²) in [6, 6.07) is 0. The minimum atomic E-state index is -0.297. The highest BCUT2D eigenvalue weighted by Crippen LogP contribution is 2.42. The summed E-state index contributed by atoms with van der Waals surface area (Å²) >= 11 is 6.96. The van der Waals surface area contributed by atoms with Gasteiger partial charge in [0.25, 0.3) is 0 Å². The van der Waals surface area contributed by atoms with E-state index in [4.69, 9.17) is 9.47 Å². The summed E-state index contributed by atoms with van der Waals surface area (Å²) in [5, 5.41) is 0. The van der Waals surface area contributed by atoms with Crippen molar-refractivity contribution < 1.29 is 9.47 Å². The Morgan fingerprint density at radius 3 is 2.00 bits per heavy atom. The summed E-state index contributed by atoms with van der Waals surface area (Å²) in [7, 11) is 0. The lowest BCUT2D eigenvalue weighted by atomic mass is 9.87. The second-order valence-electron chi connectivity index (χ2n) is 5.52. The summed E-state index contributed by atoms with van der Waals surface area (Å²) in [6.45, 7) is 5.98. The lowest BCUT2D eigenvalue weighted by Crippen LogP contribution is -2.48. The van der Waals surface area contributed by atoms with Crippen LogP contribution in [0, 0.1) is 5.41 Å². The van der Waals surface area contributed by atoms with Crippen LogP contribution in [0.25, 0.3) is 0 Å². The van der Waals surface area contributed by atoms with Gasteiger partial charge in [0.1, 0.15) is 0 Å². The van der Waals surface area contributed by atoms with E-state index in [0.29, 0.717) is 0 Å². The third-order valence-electron chi connectivity index (χ3n) is 3.33. The van der Waals surface area contributed by atoms with Gasteiger partial charge in [0.2, 0.25) is 0 Å². The molecule has 0 aromatic carbocycles. The van der Waals surface area contributed by atoms with Gasteiger partial charge in [0, 0.05) is 18.3 Å². The molecule has 2 aliphatic rings. The fourth-order valence-corrected chi connectivity index (χ4v) is 2.94. The van der Waals surface area contributed by atoms with Crippen LogP contribution in [0.2, 0.25) is 0 Å².